The van der Waals surface area contributed by atoms with Crippen molar-refractivity contribution in [2.24, 2.45) is 0 Å². The normalized spacial score (nSPS) is 14.5. The van der Waals surface area contributed by atoms with Crippen LogP contribution >= 0.6 is 0 Å². The molecule has 1 fully saturated rings. The van der Waals surface area contributed by atoms with E-state index in [9.17, 15) is 9.59 Å². The van der Waals surface area contributed by atoms with Crippen LogP contribution in [0.25, 0.3) is 22.2 Å². The van der Waals surface area contributed by atoms with Crippen LogP contribution in [0.1, 0.15) is 42.5 Å². The highest BCUT2D eigenvalue weighted by molar-refractivity contribution is 6.05. The van der Waals surface area contributed by atoms with Crippen LogP contribution in [0, 0.1) is 0 Å². The zero-order valence-electron chi connectivity index (χ0n) is 16.3. The Balaban J connectivity index is 1.52. The van der Waals surface area contributed by atoms with Crippen LogP contribution in [0.2, 0.25) is 0 Å². The van der Waals surface area contributed by atoms with E-state index in [1.54, 1.807) is 6.07 Å². The quantitative estimate of drug-likeness (QED) is 0.653. The molecular formula is C24H24N2O3. The molecule has 1 aliphatic carbocycles. The fraction of sp³-hybridized carbons (Fsp3) is 0.292. The first-order valence-corrected chi connectivity index (χ1v) is 10.1. The van der Waals surface area contributed by atoms with Gasteiger partial charge in [0.2, 0.25) is 0 Å². The molecule has 1 saturated carbocycles. The third kappa shape index (κ3) is 4.62. The maximum absolute atomic E-state index is 12.8. The molecule has 0 aliphatic heterocycles. The molecule has 5 nitrogen and oxygen atoms in total. The van der Waals surface area contributed by atoms with E-state index in [1.165, 1.54) is 6.42 Å². The van der Waals surface area contributed by atoms with Crippen molar-refractivity contribution in [2.75, 3.05) is 6.61 Å². The molecule has 29 heavy (non-hydrogen) atoms. The average Bonchev–Trinajstić information content (AvgIpc) is 2.78. The number of hydrogen-bond donors (Lipinski definition) is 1. The first-order valence-electron chi connectivity index (χ1n) is 10.1. The predicted octanol–water partition coefficient (Wildman–Crippen LogP) is 4.51. The summed E-state index contributed by atoms with van der Waals surface area (Å²) in [6.45, 7) is -0.271. The Bertz CT molecular complexity index is 1010. The van der Waals surface area contributed by atoms with Crippen LogP contribution in [0.15, 0.2) is 60.7 Å². The number of benzene rings is 2. The van der Waals surface area contributed by atoms with Crippen LogP contribution in [0.4, 0.5) is 0 Å². The minimum atomic E-state index is -0.514. The lowest BCUT2D eigenvalue weighted by Crippen LogP contribution is -2.38. The molecule has 1 N–H and O–H groups in total. The highest BCUT2D eigenvalue weighted by Gasteiger charge is 2.19. The van der Waals surface area contributed by atoms with Gasteiger partial charge < -0.3 is 10.1 Å². The van der Waals surface area contributed by atoms with Crippen LogP contribution in [-0.4, -0.2) is 29.5 Å². The second-order valence-electron chi connectivity index (χ2n) is 7.42. The second-order valence-corrected chi connectivity index (χ2v) is 7.42. The van der Waals surface area contributed by atoms with Crippen molar-refractivity contribution in [1.29, 1.82) is 0 Å². The smallest absolute Gasteiger partial charge is 0.339 e. The summed E-state index contributed by atoms with van der Waals surface area (Å²) < 4.78 is 5.35. The third-order valence-electron chi connectivity index (χ3n) is 5.31. The van der Waals surface area contributed by atoms with Gasteiger partial charge in [-0.15, -0.1) is 0 Å². The Morgan fingerprint density at radius 3 is 2.48 bits per heavy atom. The Kier molecular flexibility index (Phi) is 5.84. The summed E-state index contributed by atoms with van der Waals surface area (Å²) in [5, 5.41) is 3.68. The molecule has 0 bridgehead atoms. The number of ether oxygens (including phenoxy) is 1. The SMILES string of the molecule is O=C(COC(=O)c1cc(-c2ccccc2)nc2ccccc12)NC1CCCCC1. The third-order valence-corrected chi connectivity index (χ3v) is 5.31. The van der Waals surface area contributed by atoms with Gasteiger partial charge >= 0.3 is 5.97 Å². The Hall–Kier alpha value is -3.21. The van der Waals surface area contributed by atoms with E-state index >= 15 is 0 Å². The summed E-state index contributed by atoms with van der Waals surface area (Å²) in [5.74, 6) is -0.758. The van der Waals surface area contributed by atoms with Crippen molar-refractivity contribution in [3.8, 4) is 11.3 Å². The topological polar surface area (TPSA) is 68.3 Å². The summed E-state index contributed by atoms with van der Waals surface area (Å²) in [4.78, 5) is 29.7. The van der Waals surface area contributed by atoms with Crippen molar-refractivity contribution in [3.05, 3.63) is 66.2 Å². The van der Waals surface area contributed by atoms with Gasteiger partial charge in [-0.05, 0) is 25.0 Å². The molecular weight excluding hydrogens is 364 g/mol. The standard InChI is InChI=1S/C24H24N2O3/c27-23(25-18-11-5-2-6-12-18)16-29-24(28)20-15-22(17-9-3-1-4-10-17)26-21-14-8-7-13-19(20)21/h1,3-4,7-10,13-15,18H,2,5-6,11-12,16H2,(H,25,27). The van der Waals surface area contributed by atoms with Gasteiger partial charge in [-0.25, -0.2) is 9.78 Å². The molecule has 0 atom stereocenters. The molecule has 1 aromatic heterocycles. The lowest BCUT2D eigenvalue weighted by atomic mass is 9.95. The van der Waals surface area contributed by atoms with Crippen molar-refractivity contribution in [1.82, 2.24) is 10.3 Å². The van der Waals surface area contributed by atoms with Gasteiger partial charge in [0.25, 0.3) is 5.91 Å². The molecule has 148 valence electrons. The number of carbonyl (C=O) groups is 2. The lowest BCUT2D eigenvalue weighted by molar-refractivity contribution is -0.125. The summed E-state index contributed by atoms with van der Waals surface area (Å²) in [6.07, 6.45) is 5.48. The van der Waals surface area contributed by atoms with Crippen molar-refractivity contribution in [2.45, 2.75) is 38.1 Å². The number of aromatic nitrogens is 1. The number of para-hydroxylation sites is 1. The van der Waals surface area contributed by atoms with Gasteiger partial charge in [0.15, 0.2) is 6.61 Å². The van der Waals surface area contributed by atoms with Crippen LogP contribution in [-0.2, 0) is 9.53 Å². The molecule has 4 rings (SSSR count). The highest BCUT2D eigenvalue weighted by Crippen LogP contribution is 2.25. The molecule has 0 saturated heterocycles. The van der Waals surface area contributed by atoms with Crippen LogP contribution < -0.4 is 5.32 Å². The van der Waals surface area contributed by atoms with Crippen LogP contribution in [0.3, 0.4) is 0 Å². The highest BCUT2D eigenvalue weighted by atomic mass is 16.5. The van der Waals surface area contributed by atoms with Gasteiger partial charge in [0.05, 0.1) is 16.8 Å². The number of pyridine rings is 1. The van der Waals surface area contributed by atoms with E-state index in [-0.39, 0.29) is 18.6 Å². The second kappa shape index (κ2) is 8.86. The summed E-state index contributed by atoms with van der Waals surface area (Å²) in [6, 6.07) is 19.1. The summed E-state index contributed by atoms with van der Waals surface area (Å²) in [5.41, 5.74) is 2.75. The number of esters is 1. The Morgan fingerprint density at radius 2 is 1.69 bits per heavy atom. The van der Waals surface area contributed by atoms with Gasteiger partial charge in [-0.3, -0.25) is 4.79 Å². The zero-order valence-corrected chi connectivity index (χ0v) is 16.3. The maximum Gasteiger partial charge on any atom is 0.339 e. The number of nitrogens with zero attached hydrogens (tertiary/aromatic N) is 1. The molecule has 1 amide bonds. The minimum Gasteiger partial charge on any atom is -0.452 e. The van der Waals surface area contributed by atoms with Crippen molar-refractivity contribution in [3.63, 3.8) is 0 Å². The van der Waals surface area contributed by atoms with E-state index in [1.807, 2.05) is 54.6 Å². The fourth-order valence-electron chi connectivity index (χ4n) is 3.83. The first kappa shape index (κ1) is 19.1. The molecule has 0 radical (unpaired) electrons. The van der Waals surface area contributed by atoms with Gasteiger partial charge in [0.1, 0.15) is 0 Å². The number of carbonyl (C=O) groups excluding carboxylic acids is 2. The van der Waals surface area contributed by atoms with Crippen molar-refractivity contribution >= 4 is 22.8 Å². The molecule has 1 aliphatic rings. The molecule has 0 unspecified atom stereocenters. The largest absolute Gasteiger partial charge is 0.452 e. The zero-order chi connectivity index (χ0) is 20.1. The average molecular weight is 388 g/mol. The van der Waals surface area contributed by atoms with E-state index in [2.05, 4.69) is 10.3 Å². The van der Waals surface area contributed by atoms with E-state index in [4.69, 9.17) is 4.74 Å². The van der Waals surface area contributed by atoms with E-state index in [0.717, 1.165) is 31.2 Å². The van der Waals surface area contributed by atoms with Crippen LogP contribution in [0.5, 0.6) is 0 Å². The minimum absolute atomic E-state index is 0.196. The number of nitrogens with one attached hydrogen (secondary N) is 1. The van der Waals surface area contributed by atoms with Gasteiger partial charge in [0, 0.05) is 17.0 Å². The fourth-order valence-corrected chi connectivity index (χ4v) is 3.83. The molecule has 1 heterocycles. The Morgan fingerprint density at radius 1 is 0.966 bits per heavy atom. The number of hydrogen-bond acceptors (Lipinski definition) is 4. The maximum atomic E-state index is 12.8. The monoisotopic (exact) mass is 388 g/mol. The molecule has 3 aromatic rings. The summed E-state index contributed by atoms with van der Waals surface area (Å²) >= 11 is 0. The van der Waals surface area contributed by atoms with Gasteiger partial charge in [-0.2, -0.15) is 0 Å². The predicted molar refractivity (Wildman–Crippen MR) is 112 cm³/mol. The lowest BCUT2D eigenvalue weighted by Gasteiger charge is -2.22. The Labute approximate surface area is 170 Å². The number of fused-ring (bicyclic) bond motifs is 1. The van der Waals surface area contributed by atoms with Gasteiger partial charge in [-0.1, -0.05) is 67.8 Å². The number of rotatable bonds is 5. The summed E-state index contributed by atoms with van der Waals surface area (Å²) in [7, 11) is 0. The van der Waals surface area contributed by atoms with Crippen molar-refractivity contribution < 1.29 is 14.3 Å². The molecule has 2 aromatic carbocycles. The molecule has 5 heteroatoms. The molecule has 0 spiro atoms. The van der Waals surface area contributed by atoms with E-state index in [0.29, 0.717) is 22.2 Å². The number of amides is 1. The van der Waals surface area contributed by atoms with E-state index < -0.39 is 5.97 Å². The first-order chi connectivity index (χ1) is 14.2.